The molecule has 1 N–H and O–H groups in total. The highest BCUT2D eigenvalue weighted by atomic mass is 19.4. The highest BCUT2D eigenvalue weighted by molar-refractivity contribution is 5.42. The summed E-state index contributed by atoms with van der Waals surface area (Å²) in [5.41, 5.74) is -0.433. The summed E-state index contributed by atoms with van der Waals surface area (Å²) in [6.45, 7) is 3.28. The molecular weight excluding hydrogens is 233 g/mol. The lowest BCUT2D eigenvalue weighted by Crippen LogP contribution is -2.09. The number of halogens is 3. The number of ether oxygens (including phenoxy) is 1. The van der Waals surface area contributed by atoms with Crippen molar-refractivity contribution in [1.29, 1.82) is 0 Å². The SMILES string of the molecule is CCOc1cc([C](C)CO)cc(C(F)(F)F)c1. The molecule has 0 aliphatic rings. The second kappa shape index (κ2) is 5.40. The summed E-state index contributed by atoms with van der Waals surface area (Å²) in [5.74, 6) is 0.627. The number of hydrogen-bond acceptors (Lipinski definition) is 2. The minimum atomic E-state index is -4.42. The molecule has 0 saturated heterocycles. The van der Waals surface area contributed by atoms with Crippen LogP contribution < -0.4 is 4.74 Å². The molecule has 5 heteroatoms. The Labute approximate surface area is 98.0 Å². The van der Waals surface area contributed by atoms with Gasteiger partial charge < -0.3 is 9.84 Å². The summed E-state index contributed by atoms with van der Waals surface area (Å²) in [4.78, 5) is 0. The third kappa shape index (κ3) is 3.63. The van der Waals surface area contributed by atoms with Gasteiger partial charge in [-0.15, -0.1) is 0 Å². The maximum Gasteiger partial charge on any atom is 0.416 e. The fourth-order valence-corrected chi connectivity index (χ4v) is 1.35. The summed E-state index contributed by atoms with van der Waals surface area (Å²) < 4.78 is 43.0. The van der Waals surface area contributed by atoms with Crippen molar-refractivity contribution in [2.24, 2.45) is 0 Å². The van der Waals surface area contributed by atoms with Gasteiger partial charge in [0.05, 0.1) is 18.8 Å². The van der Waals surface area contributed by atoms with Gasteiger partial charge in [0.15, 0.2) is 0 Å². The summed E-state index contributed by atoms with van der Waals surface area (Å²) >= 11 is 0. The molecule has 0 bridgehead atoms. The molecule has 0 heterocycles. The minimum Gasteiger partial charge on any atom is -0.494 e. The first-order valence-corrected chi connectivity index (χ1v) is 5.17. The van der Waals surface area contributed by atoms with Crippen LogP contribution in [0.4, 0.5) is 13.2 Å². The van der Waals surface area contributed by atoms with Gasteiger partial charge in [-0.25, -0.2) is 0 Å². The van der Waals surface area contributed by atoms with E-state index in [2.05, 4.69) is 0 Å². The fraction of sp³-hybridized carbons (Fsp3) is 0.417. The first kappa shape index (κ1) is 13.8. The van der Waals surface area contributed by atoms with Crippen LogP contribution in [-0.4, -0.2) is 18.3 Å². The quantitative estimate of drug-likeness (QED) is 0.886. The van der Waals surface area contributed by atoms with E-state index in [0.29, 0.717) is 18.1 Å². The first-order chi connectivity index (χ1) is 7.88. The molecule has 1 rings (SSSR count). The molecule has 0 atom stereocenters. The average molecular weight is 247 g/mol. The number of rotatable bonds is 4. The zero-order valence-corrected chi connectivity index (χ0v) is 9.64. The van der Waals surface area contributed by atoms with Crippen molar-refractivity contribution in [1.82, 2.24) is 0 Å². The van der Waals surface area contributed by atoms with Gasteiger partial charge >= 0.3 is 6.18 Å². The van der Waals surface area contributed by atoms with E-state index in [-0.39, 0.29) is 12.4 Å². The smallest absolute Gasteiger partial charge is 0.416 e. The van der Waals surface area contributed by atoms with Crippen LogP contribution in [0, 0.1) is 5.92 Å². The number of hydrogen-bond donors (Lipinski definition) is 1. The van der Waals surface area contributed by atoms with E-state index in [0.717, 1.165) is 12.1 Å². The Hall–Kier alpha value is -1.23. The average Bonchev–Trinajstić information content (AvgIpc) is 2.27. The van der Waals surface area contributed by atoms with Crippen LogP contribution in [-0.2, 0) is 6.18 Å². The van der Waals surface area contributed by atoms with Crippen molar-refractivity contribution in [3.63, 3.8) is 0 Å². The van der Waals surface area contributed by atoms with Crippen LogP contribution in [0.5, 0.6) is 5.75 Å². The second-order valence-corrected chi connectivity index (χ2v) is 3.62. The molecule has 1 aromatic carbocycles. The molecule has 1 radical (unpaired) electrons. The van der Waals surface area contributed by atoms with E-state index in [1.165, 1.54) is 6.07 Å². The van der Waals surface area contributed by atoms with Crippen LogP contribution in [0.25, 0.3) is 0 Å². The zero-order chi connectivity index (χ0) is 13.1. The van der Waals surface area contributed by atoms with Crippen LogP contribution in [0.2, 0.25) is 0 Å². The van der Waals surface area contributed by atoms with Crippen LogP contribution >= 0.6 is 0 Å². The molecule has 0 aliphatic heterocycles. The van der Waals surface area contributed by atoms with E-state index in [1.807, 2.05) is 0 Å². The molecular formula is C12H14F3O2. The topological polar surface area (TPSA) is 29.5 Å². The molecule has 0 saturated carbocycles. The predicted octanol–water partition coefficient (Wildman–Crippen LogP) is 3.04. The van der Waals surface area contributed by atoms with Gasteiger partial charge in [-0.05, 0) is 30.7 Å². The van der Waals surface area contributed by atoms with Crippen LogP contribution in [0.1, 0.15) is 25.0 Å². The summed E-state index contributed by atoms with van der Waals surface area (Å²) in [7, 11) is 0. The number of aliphatic hydroxyl groups is 1. The van der Waals surface area contributed by atoms with Gasteiger partial charge in [0.2, 0.25) is 0 Å². The normalized spacial score (nSPS) is 11.9. The number of aliphatic hydroxyl groups excluding tert-OH is 1. The van der Waals surface area contributed by atoms with Crippen molar-refractivity contribution in [2.45, 2.75) is 20.0 Å². The van der Waals surface area contributed by atoms with Gasteiger partial charge in [0.25, 0.3) is 0 Å². The van der Waals surface area contributed by atoms with E-state index in [1.54, 1.807) is 13.8 Å². The lowest BCUT2D eigenvalue weighted by atomic mass is 9.99. The molecule has 95 valence electrons. The predicted molar refractivity (Wildman–Crippen MR) is 57.7 cm³/mol. The molecule has 1 aromatic rings. The number of benzene rings is 1. The molecule has 0 spiro atoms. The standard InChI is InChI=1S/C12H14F3O2/c1-3-17-11-5-9(8(2)7-16)4-10(6-11)12(13,14)15/h4-6,16H,3,7H2,1-2H3. The Kier molecular flexibility index (Phi) is 4.40. The van der Waals surface area contributed by atoms with Gasteiger partial charge in [-0.2, -0.15) is 13.2 Å². The van der Waals surface area contributed by atoms with Crippen molar-refractivity contribution in [3.05, 3.63) is 35.2 Å². The van der Waals surface area contributed by atoms with Crippen LogP contribution in [0.15, 0.2) is 18.2 Å². The Balaban J connectivity index is 3.18. The lowest BCUT2D eigenvalue weighted by Gasteiger charge is -2.15. The van der Waals surface area contributed by atoms with Crippen molar-refractivity contribution < 1.29 is 23.0 Å². The summed E-state index contributed by atoms with van der Waals surface area (Å²) in [5, 5.41) is 8.94. The Morgan fingerprint density at radius 2 is 1.94 bits per heavy atom. The van der Waals surface area contributed by atoms with Gasteiger partial charge in [-0.3, -0.25) is 0 Å². The third-order valence-corrected chi connectivity index (χ3v) is 2.27. The number of alkyl halides is 3. The van der Waals surface area contributed by atoms with Gasteiger partial charge in [0.1, 0.15) is 5.75 Å². The maximum atomic E-state index is 12.6. The van der Waals surface area contributed by atoms with Gasteiger partial charge in [-0.1, -0.05) is 6.92 Å². The fourth-order valence-electron chi connectivity index (χ4n) is 1.35. The van der Waals surface area contributed by atoms with Crippen molar-refractivity contribution in [3.8, 4) is 5.75 Å². The molecule has 0 aromatic heterocycles. The van der Waals surface area contributed by atoms with E-state index in [9.17, 15) is 13.2 Å². The molecule has 0 aliphatic carbocycles. The third-order valence-electron chi connectivity index (χ3n) is 2.27. The van der Waals surface area contributed by atoms with E-state index in [4.69, 9.17) is 9.84 Å². The molecule has 0 amide bonds. The molecule has 17 heavy (non-hydrogen) atoms. The summed E-state index contributed by atoms with van der Waals surface area (Å²) in [6.07, 6.45) is -4.42. The largest absolute Gasteiger partial charge is 0.494 e. The van der Waals surface area contributed by atoms with E-state index >= 15 is 0 Å². The summed E-state index contributed by atoms with van der Waals surface area (Å²) in [6, 6.07) is 3.45. The second-order valence-electron chi connectivity index (χ2n) is 3.62. The molecule has 0 fully saturated rings. The highest BCUT2D eigenvalue weighted by Crippen LogP contribution is 2.34. The van der Waals surface area contributed by atoms with Crippen molar-refractivity contribution in [2.75, 3.05) is 13.2 Å². The van der Waals surface area contributed by atoms with Gasteiger partial charge in [0, 0.05) is 5.92 Å². The van der Waals surface area contributed by atoms with Crippen molar-refractivity contribution >= 4 is 0 Å². The monoisotopic (exact) mass is 247 g/mol. The zero-order valence-electron chi connectivity index (χ0n) is 9.64. The lowest BCUT2D eigenvalue weighted by molar-refractivity contribution is -0.137. The van der Waals surface area contributed by atoms with Crippen LogP contribution in [0.3, 0.4) is 0 Å². The highest BCUT2D eigenvalue weighted by Gasteiger charge is 2.31. The first-order valence-electron chi connectivity index (χ1n) is 5.17. The Morgan fingerprint density at radius 3 is 2.41 bits per heavy atom. The Morgan fingerprint density at radius 1 is 1.29 bits per heavy atom. The van der Waals surface area contributed by atoms with E-state index < -0.39 is 11.7 Å². The Bertz CT molecular complexity index is 375. The molecule has 0 unspecified atom stereocenters. The maximum absolute atomic E-state index is 12.6. The minimum absolute atomic E-state index is 0.158. The molecule has 2 nitrogen and oxygen atoms in total.